The van der Waals surface area contributed by atoms with E-state index in [1.807, 2.05) is 17.8 Å². The third-order valence-electron chi connectivity index (χ3n) is 2.40. The van der Waals surface area contributed by atoms with Crippen LogP contribution in [0.1, 0.15) is 11.1 Å². The van der Waals surface area contributed by atoms with Crippen molar-refractivity contribution in [1.29, 1.82) is 0 Å². The Balaban J connectivity index is 2.80. The summed E-state index contributed by atoms with van der Waals surface area (Å²) in [5.41, 5.74) is 3.43. The molecule has 2 aromatic rings. The fourth-order valence-corrected chi connectivity index (χ4v) is 1.70. The van der Waals surface area contributed by atoms with Gasteiger partial charge in [-0.25, -0.2) is 0 Å². The van der Waals surface area contributed by atoms with Crippen LogP contribution in [-0.2, 0) is 13.7 Å². The normalized spacial score (nSPS) is 11.0. The van der Waals surface area contributed by atoms with Crippen molar-refractivity contribution in [2.24, 2.45) is 7.05 Å². The van der Waals surface area contributed by atoms with Crippen molar-refractivity contribution in [3.8, 4) is 0 Å². The van der Waals surface area contributed by atoms with E-state index in [2.05, 4.69) is 25.1 Å². The Morgan fingerprint density at radius 2 is 2.15 bits per heavy atom. The Labute approximate surface area is 77.4 Å². The van der Waals surface area contributed by atoms with Crippen LogP contribution < -0.4 is 0 Å². The van der Waals surface area contributed by atoms with Gasteiger partial charge in [0.25, 0.3) is 0 Å². The number of nitrogens with zero attached hydrogens (tertiary/aromatic N) is 1. The first-order chi connectivity index (χ1) is 6.22. The van der Waals surface area contributed by atoms with Crippen LogP contribution in [0.25, 0.3) is 10.9 Å². The van der Waals surface area contributed by atoms with Gasteiger partial charge < -0.3 is 9.67 Å². The molecule has 0 aliphatic carbocycles. The fourth-order valence-electron chi connectivity index (χ4n) is 1.70. The number of rotatable bonds is 1. The molecule has 0 atom stereocenters. The van der Waals surface area contributed by atoms with Crippen LogP contribution in [-0.4, -0.2) is 9.67 Å². The molecule has 0 spiro atoms. The zero-order chi connectivity index (χ0) is 9.42. The molecule has 0 bridgehead atoms. The van der Waals surface area contributed by atoms with E-state index in [-0.39, 0.29) is 6.61 Å². The van der Waals surface area contributed by atoms with E-state index < -0.39 is 0 Å². The minimum atomic E-state index is 0.112. The first kappa shape index (κ1) is 8.32. The Kier molecular flexibility index (Phi) is 1.85. The molecule has 1 N–H and O–H groups in total. The van der Waals surface area contributed by atoms with Crippen LogP contribution in [0, 0.1) is 6.92 Å². The molecule has 0 fully saturated rings. The third-order valence-corrected chi connectivity index (χ3v) is 2.40. The molecule has 2 nitrogen and oxygen atoms in total. The maximum atomic E-state index is 9.10. The van der Waals surface area contributed by atoms with E-state index in [0.29, 0.717) is 0 Å². The fraction of sp³-hybridized carbons (Fsp3) is 0.273. The van der Waals surface area contributed by atoms with Crippen molar-refractivity contribution in [2.45, 2.75) is 13.5 Å². The van der Waals surface area contributed by atoms with Gasteiger partial charge in [0.05, 0.1) is 6.61 Å². The lowest BCUT2D eigenvalue weighted by Gasteiger charge is -1.97. The number of fused-ring (bicyclic) bond motifs is 1. The standard InChI is InChI=1S/C11H13NO/c1-8-3-4-10-9(7-13)6-12(2)11(10)5-8/h3-6,13H,7H2,1-2H3. The highest BCUT2D eigenvalue weighted by molar-refractivity contribution is 5.84. The zero-order valence-corrected chi connectivity index (χ0v) is 7.91. The average molecular weight is 175 g/mol. The van der Waals surface area contributed by atoms with Gasteiger partial charge in [-0.3, -0.25) is 0 Å². The van der Waals surface area contributed by atoms with E-state index >= 15 is 0 Å². The predicted molar refractivity (Wildman–Crippen MR) is 53.6 cm³/mol. The summed E-state index contributed by atoms with van der Waals surface area (Å²) in [4.78, 5) is 0. The van der Waals surface area contributed by atoms with Crippen LogP contribution in [0.15, 0.2) is 24.4 Å². The van der Waals surface area contributed by atoms with Crippen LogP contribution in [0.4, 0.5) is 0 Å². The van der Waals surface area contributed by atoms with Crippen molar-refractivity contribution in [3.63, 3.8) is 0 Å². The summed E-state index contributed by atoms with van der Waals surface area (Å²) in [6.07, 6.45) is 1.98. The molecule has 13 heavy (non-hydrogen) atoms. The first-order valence-electron chi connectivity index (χ1n) is 4.38. The Hall–Kier alpha value is -1.28. The molecule has 1 heterocycles. The number of hydrogen-bond donors (Lipinski definition) is 1. The second-order valence-corrected chi connectivity index (χ2v) is 3.44. The van der Waals surface area contributed by atoms with Gasteiger partial charge in [0.1, 0.15) is 0 Å². The quantitative estimate of drug-likeness (QED) is 0.704. The molecule has 0 saturated carbocycles. The molecule has 0 radical (unpaired) electrons. The molecule has 0 saturated heterocycles. The Bertz CT molecular complexity index is 443. The van der Waals surface area contributed by atoms with Gasteiger partial charge in [-0.05, 0) is 18.6 Å². The number of aryl methyl sites for hydroxylation is 2. The van der Waals surface area contributed by atoms with Crippen LogP contribution in [0.5, 0.6) is 0 Å². The molecular weight excluding hydrogens is 162 g/mol. The molecule has 0 aliphatic heterocycles. The molecule has 0 amide bonds. The van der Waals surface area contributed by atoms with Crippen molar-refractivity contribution in [3.05, 3.63) is 35.5 Å². The van der Waals surface area contributed by atoms with Crippen molar-refractivity contribution >= 4 is 10.9 Å². The van der Waals surface area contributed by atoms with E-state index in [1.165, 1.54) is 11.1 Å². The summed E-state index contributed by atoms with van der Waals surface area (Å²) in [5, 5.41) is 10.3. The SMILES string of the molecule is Cc1ccc2c(CO)cn(C)c2c1. The van der Waals surface area contributed by atoms with Crippen LogP contribution >= 0.6 is 0 Å². The van der Waals surface area contributed by atoms with Gasteiger partial charge in [-0.1, -0.05) is 12.1 Å². The van der Waals surface area contributed by atoms with Gasteiger partial charge in [-0.15, -0.1) is 0 Å². The lowest BCUT2D eigenvalue weighted by Crippen LogP contribution is -1.83. The molecule has 2 heteroatoms. The highest BCUT2D eigenvalue weighted by atomic mass is 16.3. The topological polar surface area (TPSA) is 25.2 Å². The Morgan fingerprint density at radius 3 is 2.85 bits per heavy atom. The summed E-state index contributed by atoms with van der Waals surface area (Å²) in [6.45, 7) is 2.19. The number of hydrogen-bond acceptors (Lipinski definition) is 1. The molecule has 1 aromatic carbocycles. The lowest BCUT2D eigenvalue weighted by molar-refractivity contribution is 0.283. The molecule has 2 rings (SSSR count). The summed E-state index contributed by atoms with van der Waals surface area (Å²) in [5.74, 6) is 0. The summed E-state index contributed by atoms with van der Waals surface area (Å²) < 4.78 is 2.05. The van der Waals surface area contributed by atoms with E-state index in [0.717, 1.165) is 10.9 Å². The van der Waals surface area contributed by atoms with Crippen molar-refractivity contribution in [1.82, 2.24) is 4.57 Å². The summed E-state index contributed by atoms with van der Waals surface area (Å²) in [6, 6.07) is 6.27. The summed E-state index contributed by atoms with van der Waals surface area (Å²) >= 11 is 0. The smallest absolute Gasteiger partial charge is 0.0702 e. The molecule has 68 valence electrons. The zero-order valence-electron chi connectivity index (χ0n) is 7.91. The van der Waals surface area contributed by atoms with Gasteiger partial charge in [-0.2, -0.15) is 0 Å². The number of benzene rings is 1. The van der Waals surface area contributed by atoms with Crippen LogP contribution in [0.2, 0.25) is 0 Å². The second-order valence-electron chi connectivity index (χ2n) is 3.44. The van der Waals surface area contributed by atoms with Crippen LogP contribution in [0.3, 0.4) is 0 Å². The van der Waals surface area contributed by atoms with Gasteiger partial charge in [0.2, 0.25) is 0 Å². The monoisotopic (exact) mass is 175 g/mol. The van der Waals surface area contributed by atoms with Gasteiger partial charge >= 0.3 is 0 Å². The lowest BCUT2D eigenvalue weighted by atomic mass is 10.1. The third kappa shape index (κ3) is 1.23. The maximum Gasteiger partial charge on any atom is 0.0702 e. The van der Waals surface area contributed by atoms with Crippen molar-refractivity contribution in [2.75, 3.05) is 0 Å². The van der Waals surface area contributed by atoms with Gasteiger partial charge in [0, 0.05) is 29.7 Å². The maximum absolute atomic E-state index is 9.10. The summed E-state index contributed by atoms with van der Waals surface area (Å²) in [7, 11) is 2.00. The first-order valence-corrected chi connectivity index (χ1v) is 4.38. The predicted octanol–water partition coefficient (Wildman–Crippen LogP) is 1.98. The van der Waals surface area contributed by atoms with E-state index in [9.17, 15) is 0 Å². The van der Waals surface area contributed by atoms with Crippen molar-refractivity contribution < 1.29 is 5.11 Å². The minimum Gasteiger partial charge on any atom is -0.392 e. The molecule has 0 aliphatic rings. The van der Waals surface area contributed by atoms with E-state index in [1.54, 1.807) is 0 Å². The minimum absolute atomic E-state index is 0.112. The highest BCUT2D eigenvalue weighted by Gasteiger charge is 2.04. The molecule has 1 aromatic heterocycles. The number of aromatic nitrogens is 1. The molecule has 0 unspecified atom stereocenters. The van der Waals surface area contributed by atoms with Gasteiger partial charge in [0.15, 0.2) is 0 Å². The largest absolute Gasteiger partial charge is 0.392 e. The number of aliphatic hydroxyl groups excluding tert-OH is 1. The van der Waals surface area contributed by atoms with E-state index in [4.69, 9.17) is 5.11 Å². The Morgan fingerprint density at radius 1 is 1.38 bits per heavy atom. The second kappa shape index (κ2) is 2.89. The molecular formula is C11H13NO. The highest BCUT2D eigenvalue weighted by Crippen LogP contribution is 2.21. The number of aliphatic hydroxyl groups is 1. The average Bonchev–Trinajstić information content (AvgIpc) is 2.43.